The fourth-order valence-electron chi connectivity index (χ4n) is 12.3. The van der Waals surface area contributed by atoms with Crippen LogP contribution < -0.4 is 0 Å². The summed E-state index contributed by atoms with van der Waals surface area (Å²) in [5, 5.41) is 37.3. The number of hydrogen-bond acceptors (Lipinski definition) is 12. The minimum Gasteiger partial charge on any atom is -0.455 e. The number of nitrogens with zero attached hydrogens (tertiary/aromatic N) is 1. The van der Waals surface area contributed by atoms with Crippen LogP contribution in [-0.4, -0.2) is 134 Å². The van der Waals surface area contributed by atoms with Gasteiger partial charge in [0.1, 0.15) is 23.9 Å². The van der Waals surface area contributed by atoms with Gasteiger partial charge in [0.2, 0.25) is 0 Å². The maximum Gasteiger partial charge on any atom is 0.338 e. The van der Waals surface area contributed by atoms with Gasteiger partial charge in [-0.2, -0.15) is 0 Å². The average Bonchev–Trinajstić information content (AvgIpc) is 3.41. The van der Waals surface area contributed by atoms with Crippen molar-refractivity contribution in [2.24, 2.45) is 34.5 Å². The van der Waals surface area contributed by atoms with Gasteiger partial charge in [-0.25, -0.2) is 4.79 Å². The van der Waals surface area contributed by atoms with E-state index in [1.807, 2.05) is 6.92 Å². The van der Waals surface area contributed by atoms with Gasteiger partial charge >= 0.3 is 11.9 Å². The first-order chi connectivity index (χ1) is 22.0. The highest BCUT2D eigenvalue weighted by Gasteiger charge is 2.92. The van der Waals surface area contributed by atoms with Crippen LogP contribution in [0.4, 0.5) is 0 Å². The topological polar surface area (TPSA) is 153 Å². The van der Waals surface area contributed by atoms with Crippen LogP contribution in [0.5, 0.6) is 0 Å². The molecule has 6 fully saturated rings. The van der Waals surface area contributed by atoms with Gasteiger partial charge in [-0.05, 0) is 31.0 Å². The molecule has 0 radical (unpaired) electrons. The molecule has 6 aliphatic rings. The number of carbonyl (C=O) groups excluding carboxylic acids is 2. The van der Waals surface area contributed by atoms with Crippen LogP contribution in [-0.2, 0) is 33.2 Å². The summed E-state index contributed by atoms with van der Waals surface area (Å²) in [5.41, 5.74) is -4.79. The fraction of sp³-hybridized carbons (Fsp3) is 0.765. The second kappa shape index (κ2) is 10.9. The Kier molecular flexibility index (Phi) is 7.69. The van der Waals surface area contributed by atoms with E-state index in [0.717, 1.165) is 0 Å². The van der Waals surface area contributed by atoms with E-state index in [-0.39, 0.29) is 25.0 Å². The zero-order valence-corrected chi connectivity index (χ0v) is 27.3. The molecular formula is C34H47NO11. The second-order valence-corrected chi connectivity index (χ2v) is 14.4. The molecule has 1 spiro atoms. The Morgan fingerprint density at radius 1 is 1.00 bits per heavy atom. The number of aliphatic hydroxyl groups is 3. The molecule has 12 nitrogen and oxygen atoms in total. The van der Waals surface area contributed by atoms with Crippen LogP contribution in [0.15, 0.2) is 30.3 Å². The van der Waals surface area contributed by atoms with E-state index in [1.165, 1.54) is 14.0 Å². The predicted molar refractivity (Wildman–Crippen MR) is 160 cm³/mol. The molecule has 12 heteroatoms. The highest BCUT2D eigenvalue weighted by atomic mass is 16.6. The van der Waals surface area contributed by atoms with E-state index in [0.29, 0.717) is 25.1 Å². The van der Waals surface area contributed by atoms with Gasteiger partial charge in [-0.1, -0.05) is 25.1 Å². The van der Waals surface area contributed by atoms with Crippen molar-refractivity contribution in [2.45, 2.75) is 80.6 Å². The number of fused-ring (bicyclic) bond motifs is 2. The number of aliphatic hydroxyl groups excluding tert-OH is 2. The third-order valence-corrected chi connectivity index (χ3v) is 13.2. The lowest BCUT2D eigenvalue weighted by Gasteiger charge is -2.70. The normalized spacial score (nSPS) is 49.9. The molecule has 7 bridgehead atoms. The number of esters is 2. The average molecular weight is 646 g/mol. The monoisotopic (exact) mass is 645 g/mol. The lowest BCUT2D eigenvalue weighted by Crippen LogP contribution is -2.81. The summed E-state index contributed by atoms with van der Waals surface area (Å²) in [6.07, 6.45) is -5.49. The molecule has 0 aromatic heterocycles. The van der Waals surface area contributed by atoms with Gasteiger partial charge in [-0.3, -0.25) is 9.69 Å². The Bertz CT molecular complexity index is 1360. The zero-order valence-electron chi connectivity index (χ0n) is 27.3. The van der Waals surface area contributed by atoms with Crippen molar-refractivity contribution in [3.63, 3.8) is 0 Å². The van der Waals surface area contributed by atoms with Gasteiger partial charge in [0.15, 0.2) is 5.60 Å². The molecule has 46 heavy (non-hydrogen) atoms. The van der Waals surface area contributed by atoms with E-state index in [9.17, 15) is 24.9 Å². The maximum absolute atomic E-state index is 13.8. The zero-order chi connectivity index (χ0) is 33.0. The number of benzene rings is 1. The van der Waals surface area contributed by atoms with Crippen LogP contribution in [0.3, 0.4) is 0 Å². The molecule has 3 N–H and O–H groups in total. The number of hydrogen-bond donors (Lipinski definition) is 3. The van der Waals surface area contributed by atoms with Crippen molar-refractivity contribution in [3.05, 3.63) is 35.9 Å². The molecule has 5 aliphatic carbocycles. The maximum atomic E-state index is 13.8. The number of rotatable bonds is 9. The molecule has 5 saturated carbocycles. The molecule has 1 aliphatic heterocycles. The van der Waals surface area contributed by atoms with E-state index in [1.54, 1.807) is 51.7 Å². The van der Waals surface area contributed by atoms with Crippen molar-refractivity contribution in [1.29, 1.82) is 0 Å². The third-order valence-electron chi connectivity index (χ3n) is 13.2. The van der Waals surface area contributed by atoms with Crippen molar-refractivity contribution in [2.75, 3.05) is 48.1 Å². The largest absolute Gasteiger partial charge is 0.455 e. The van der Waals surface area contributed by atoms with Crippen LogP contribution in [0.2, 0.25) is 0 Å². The van der Waals surface area contributed by atoms with Gasteiger partial charge in [0, 0.05) is 83.0 Å². The van der Waals surface area contributed by atoms with Crippen molar-refractivity contribution < 1.29 is 53.3 Å². The third kappa shape index (κ3) is 3.62. The van der Waals surface area contributed by atoms with Crippen LogP contribution in [0, 0.1) is 34.5 Å². The van der Waals surface area contributed by atoms with Crippen molar-refractivity contribution >= 4 is 11.9 Å². The fourth-order valence-corrected chi connectivity index (χ4v) is 12.3. The van der Waals surface area contributed by atoms with E-state index < -0.39 is 88.3 Å². The standard InChI is InChI=1S/C34H47NO11/c1-7-35-15-31(16-41-3)20(37)13-21(42-4)33-19-14-32(40)28(45-30(39)18-11-9-8-10-12-18)22(19)34(46-17(2)36,27(38)29(32)44-6)23(26(33)35)24(43-5)25(31)33/h8-12,19-29,37-38,40H,7,13-16H2,1-6H3/t19-,20-,21+,22?,23?,24?,25-,26?,27+,28-,29+,31+,32-,33+,34-/m1/s1. The molecule has 1 saturated heterocycles. The van der Waals surface area contributed by atoms with Gasteiger partial charge in [0.25, 0.3) is 0 Å². The van der Waals surface area contributed by atoms with Crippen LogP contribution in [0.1, 0.15) is 37.0 Å². The van der Waals surface area contributed by atoms with Gasteiger partial charge < -0.3 is 43.7 Å². The Morgan fingerprint density at radius 3 is 2.30 bits per heavy atom. The summed E-state index contributed by atoms with van der Waals surface area (Å²) in [4.78, 5) is 29.3. The van der Waals surface area contributed by atoms with E-state index >= 15 is 0 Å². The van der Waals surface area contributed by atoms with Crippen LogP contribution in [0.25, 0.3) is 0 Å². The summed E-state index contributed by atoms with van der Waals surface area (Å²) in [6, 6.07) is 8.18. The molecule has 254 valence electrons. The number of ether oxygens (including phenoxy) is 6. The molecule has 15 atom stereocenters. The predicted octanol–water partition coefficient (Wildman–Crippen LogP) is 0.648. The Labute approximate surface area is 269 Å². The summed E-state index contributed by atoms with van der Waals surface area (Å²) >= 11 is 0. The van der Waals surface area contributed by atoms with Crippen LogP contribution >= 0.6 is 0 Å². The SMILES string of the molecule is CCN1C[C@]2(COC)[C@H](O)C[C@H](OC)[C@]34C1C(C(OC)[C@H]23)[C@]1(OC(C)=O)C2[C@@H](OC(=O)c3ccccc3)[C@](O)(C[C@H]24)[C@@H](OC)[C@@H]1O. The summed E-state index contributed by atoms with van der Waals surface area (Å²) < 4.78 is 37.4. The minimum absolute atomic E-state index is 0.0791. The first-order valence-electron chi connectivity index (χ1n) is 16.3. The highest BCUT2D eigenvalue weighted by molar-refractivity contribution is 5.89. The Morgan fingerprint density at radius 2 is 1.72 bits per heavy atom. The molecule has 1 aromatic carbocycles. The molecule has 7 rings (SSSR count). The summed E-state index contributed by atoms with van der Waals surface area (Å²) in [7, 11) is 6.27. The lowest BCUT2D eigenvalue weighted by molar-refractivity contribution is -0.322. The second-order valence-electron chi connectivity index (χ2n) is 14.4. The first-order valence-corrected chi connectivity index (χ1v) is 16.3. The Hall–Kier alpha value is -2.16. The first kappa shape index (κ1) is 32.4. The molecular weight excluding hydrogens is 598 g/mol. The van der Waals surface area contributed by atoms with Gasteiger partial charge in [0.05, 0.1) is 30.5 Å². The highest BCUT2D eigenvalue weighted by Crippen LogP contribution is 2.80. The summed E-state index contributed by atoms with van der Waals surface area (Å²) in [5.74, 6) is -3.65. The lowest BCUT2D eigenvalue weighted by atomic mass is 9.42. The van der Waals surface area contributed by atoms with Crippen molar-refractivity contribution in [1.82, 2.24) is 4.90 Å². The molecule has 1 heterocycles. The summed E-state index contributed by atoms with van der Waals surface area (Å²) in [6.45, 7) is 4.68. The quantitative estimate of drug-likeness (QED) is 0.323. The molecule has 0 amide bonds. The van der Waals surface area contributed by atoms with Crippen molar-refractivity contribution in [3.8, 4) is 0 Å². The van der Waals surface area contributed by atoms with Gasteiger partial charge in [-0.15, -0.1) is 0 Å². The number of methoxy groups -OCH3 is 4. The number of piperidine rings is 1. The van der Waals surface area contributed by atoms with E-state index in [4.69, 9.17) is 28.4 Å². The molecule has 1 aromatic rings. The minimum atomic E-state index is -1.83. The number of likely N-dealkylation sites (tertiary alicyclic amines) is 1. The Balaban J connectivity index is 1.53. The molecule has 4 unspecified atom stereocenters. The number of carbonyl (C=O) groups is 2. The van der Waals surface area contributed by atoms with E-state index in [2.05, 4.69) is 4.90 Å². The smallest absolute Gasteiger partial charge is 0.338 e.